The summed E-state index contributed by atoms with van der Waals surface area (Å²) in [6.45, 7) is 3.30. The summed E-state index contributed by atoms with van der Waals surface area (Å²) in [4.78, 5) is 4.11. The van der Waals surface area contributed by atoms with E-state index in [1.54, 1.807) is 13.3 Å². The normalized spacial score (nSPS) is 12.5. The number of nitrogens with one attached hydrogen (secondary N) is 1. The lowest BCUT2D eigenvalue weighted by atomic mass is 10.1. The molecule has 1 atom stereocenters. The average molecular weight is 258 g/mol. The summed E-state index contributed by atoms with van der Waals surface area (Å²) < 4.78 is 5.18. The van der Waals surface area contributed by atoms with E-state index in [1.807, 2.05) is 13.0 Å². The molecular weight excluding hydrogens is 238 g/mol. The molecule has 0 saturated heterocycles. The first kappa shape index (κ1) is 14.2. The molecule has 1 heterocycles. The van der Waals surface area contributed by atoms with Gasteiger partial charge in [0.15, 0.2) is 5.15 Å². The third-order valence-corrected chi connectivity index (χ3v) is 2.76. The first-order valence-corrected chi connectivity index (χ1v) is 6.13. The predicted molar refractivity (Wildman–Crippen MR) is 71.6 cm³/mol. The Labute approximate surface area is 108 Å². The molecule has 0 radical (unpaired) electrons. The first-order valence-electron chi connectivity index (χ1n) is 5.75. The Bertz CT molecular complexity index is 347. The Hall–Kier alpha value is -0.840. The highest BCUT2D eigenvalue weighted by molar-refractivity contribution is 6.31. The Morgan fingerprint density at radius 2 is 2.35 bits per heavy atom. The van der Waals surface area contributed by atoms with Crippen LogP contribution >= 0.6 is 11.6 Å². The van der Waals surface area contributed by atoms with Crippen molar-refractivity contribution in [2.75, 3.05) is 25.6 Å². The molecule has 0 aliphatic rings. The molecule has 1 aromatic rings. The standard InChI is InChI=1S/C12H20ClN3O/c1-9-6-11(12(13)15-7-9)16-10(8-17-2)4-3-5-14/h6-7,10,16H,3-5,8,14H2,1-2H3. The van der Waals surface area contributed by atoms with E-state index in [0.29, 0.717) is 18.3 Å². The van der Waals surface area contributed by atoms with Crippen molar-refractivity contribution in [2.45, 2.75) is 25.8 Å². The highest BCUT2D eigenvalue weighted by atomic mass is 35.5. The Kier molecular flexibility index (Phi) is 6.26. The van der Waals surface area contributed by atoms with Gasteiger partial charge in [-0.15, -0.1) is 0 Å². The summed E-state index contributed by atoms with van der Waals surface area (Å²) >= 11 is 6.04. The van der Waals surface area contributed by atoms with Gasteiger partial charge < -0.3 is 15.8 Å². The SMILES string of the molecule is COCC(CCCN)Nc1cc(C)cnc1Cl. The van der Waals surface area contributed by atoms with Crippen LogP contribution in [0.1, 0.15) is 18.4 Å². The maximum Gasteiger partial charge on any atom is 0.152 e. The van der Waals surface area contributed by atoms with E-state index in [-0.39, 0.29) is 6.04 Å². The Morgan fingerprint density at radius 3 is 3.00 bits per heavy atom. The van der Waals surface area contributed by atoms with Crippen molar-refractivity contribution in [3.05, 3.63) is 23.0 Å². The van der Waals surface area contributed by atoms with Crippen molar-refractivity contribution < 1.29 is 4.74 Å². The van der Waals surface area contributed by atoms with Crippen LogP contribution in [0.5, 0.6) is 0 Å². The van der Waals surface area contributed by atoms with Crippen LogP contribution < -0.4 is 11.1 Å². The summed E-state index contributed by atoms with van der Waals surface area (Å²) in [6, 6.07) is 2.20. The van der Waals surface area contributed by atoms with Crippen LogP contribution in [-0.4, -0.2) is 31.3 Å². The number of nitrogens with zero attached hydrogens (tertiary/aromatic N) is 1. The van der Waals surface area contributed by atoms with E-state index in [9.17, 15) is 0 Å². The van der Waals surface area contributed by atoms with Gasteiger partial charge >= 0.3 is 0 Å². The fraction of sp³-hybridized carbons (Fsp3) is 0.583. The Balaban J connectivity index is 2.67. The molecule has 0 aliphatic carbocycles. The summed E-state index contributed by atoms with van der Waals surface area (Å²) in [5, 5.41) is 3.84. The summed E-state index contributed by atoms with van der Waals surface area (Å²) in [6.07, 6.45) is 3.66. The fourth-order valence-electron chi connectivity index (χ4n) is 1.64. The number of aryl methyl sites for hydroxylation is 1. The zero-order valence-corrected chi connectivity index (χ0v) is 11.1. The Morgan fingerprint density at radius 1 is 1.59 bits per heavy atom. The maximum atomic E-state index is 6.04. The molecule has 0 fully saturated rings. The molecule has 3 N–H and O–H groups in total. The van der Waals surface area contributed by atoms with Crippen LogP contribution in [0.2, 0.25) is 5.15 Å². The minimum atomic E-state index is 0.213. The van der Waals surface area contributed by atoms with Gasteiger partial charge in [0, 0.05) is 19.3 Å². The van der Waals surface area contributed by atoms with Crippen LogP contribution in [0, 0.1) is 6.92 Å². The van der Waals surface area contributed by atoms with Gasteiger partial charge in [0.2, 0.25) is 0 Å². The van der Waals surface area contributed by atoms with Crippen LogP contribution in [0.25, 0.3) is 0 Å². The van der Waals surface area contributed by atoms with Gasteiger partial charge in [0.1, 0.15) is 0 Å². The lowest BCUT2D eigenvalue weighted by Crippen LogP contribution is -2.26. The zero-order valence-electron chi connectivity index (χ0n) is 10.4. The number of hydrogen-bond acceptors (Lipinski definition) is 4. The summed E-state index contributed by atoms with van der Waals surface area (Å²) in [5.41, 5.74) is 7.44. The highest BCUT2D eigenvalue weighted by Crippen LogP contribution is 2.21. The van der Waals surface area contributed by atoms with Crippen molar-refractivity contribution in [1.29, 1.82) is 0 Å². The van der Waals surface area contributed by atoms with Crippen molar-refractivity contribution >= 4 is 17.3 Å². The molecule has 0 aromatic carbocycles. The molecule has 5 heteroatoms. The van der Waals surface area contributed by atoms with Gasteiger partial charge in [-0.2, -0.15) is 0 Å². The van der Waals surface area contributed by atoms with Crippen LogP contribution in [0.15, 0.2) is 12.3 Å². The topological polar surface area (TPSA) is 60.2 Å². The zero-order chi connectivity index (χ0) is 12.7. The molecule has 96 valence electrons. The molecule has 1 unspecified atom stereocenters. The van der Waals surface area contributed by atoms with E-state index in [1.165, 1.54) is 0 Å². The second kappa shape index (κ2) is 7.48. The summed E-state index contributed by atoms with van der Waals surface area (Å²) in [7, 11) is 1.69. The molecule has 0 bridgehead atoms. The smallest absolute Gasteiger partial charge is 0.152 e. The number of hydrogen-bond donors (Lipinski definition) is 2. The third-order valence-electron chi connectivity index (χ3n) is 2.46. The minimum Gasteiger partial charge on any atom is -0.383 e. The van der Waals surface area contributed by atoms with E-state index in [0.717, 1.165) is 24.1 Å². The van der Waals surface area contributed by atoms with Gasteiger partial charge in [-0.1, -0.05) is 11.6 Å². The highest BCUT2D eigenvalue weighted by Gasteiger charge is 2.10. The van der Waals surface area contributed by atoms with Crippen molar-refractivity contribution in [2.24, 2.45) is 5.73 Å². The number of methoxy groups -OCH3 is 1. The van der Waals surface area contributed by atoms with Gasteiger partial charge in [-0.3, -0.25) is 0 Å². The second-order valence-corrected chi connectivity index (χ2v) is 4.44. The number of halogens is 1. The number of pyridine rings is 1. The van der Waals surface area contributed by atoms with E-state index in [2.05, 4.69) is 10.3 Å². The van der Waals surface area contributed by atoms with Crippen molar-refractivity contribution in [3.63, 3.8) is 0 Å². The van der Waals surface area contributed by atoms with Crippen molar-refractivity contribution in [3.8, 4) is 0 Å². The molecule has 1 rings (SSSR count). The van der Waals surface area contributed by atoms with E-state index in [4.69, 9.17) is 22.1 Å². The van der Waals surface area contributed by atoms with Gasteiger partial charge in [0.25, 0.3) is 0 Å². The molecule has 0 aliphatic heterocycles. The first-order chi connectivity index (χ1) is 8.17. The molecule has 1 aromatic heterocycles. The molecule has 4 nitrogen and oxygen atoms in total. The quantitative estimate of drug-likeness (QED) is 0.736. The fourth-order valence-corrected chi connectivity index (χ4v) is 1.79. The van der Waals surface area contributed by atoms with Crippen LogP contribution in [-0.2, 0) is 4.74 Å². The molecule has 0 amide bonds. The number of anilines is 1. The number of ether oxygens (including phenoxy) is 1. The average Bonchev–Trinajstić information content (AvgIpc) is 2.31. The van der Waals surface area contributed by atoms with E-state index < -0.39 is 0 Å². The monoisotopic (exact) mass is 257 g/mol. The lowest BCUT2D eigenvalue weighted by molar-refractivity contribution is 0.182. The van der Waals surface area contributed by atoms with Crippen LogP contribution in [0.3, 0.4) is 0 Å². The number of aromatic nitrogens is 1. The molecule has 0 spiro atoms. The second-order valence-electron chi connectivity index (χ2n) is 4.08. The van der Waals surface area contributed by atoms with Gasteiger partial charge in [0.05, 0.1) is 12.3 Å². The third kappa shape index (κ3) is 4.89. The minimum absolute atomic E-state index is 0.213. The number of rotatable bonds is 7. The summed E-state index contributed by atoms with van der Waals surface area (Å²) in [5.74, 6) is 0. The van der Waals surface area contributed by atoms with Gasteiger partial charge in [-0.25, -0.2) is 4.98 Å². The number of nitrogens with two attached hydrogens (primary N) is 1. The lowest BCUT2D eigenvalue weighted by Gasteiger charge is -2.19. The van der Waals surface area contributed by atoms with Gasteiger partial charge in [-0.05, 0) is 37.9 Å². The predicted octanol–water partition coefficient (Wildman–Crippen LogP) is 2.21. The molecule has 0 saturated carbocycles. The van der Waals surface area contributed by atoms with E-state index >= 15 is 0 Å². The largest absolute Gasteiger partial charge is 0.383 e. The van der Waals surface area contributed by atoms with Crippen molar-refractivity contribution in [1.82, 2.24) is 4.98 Å². The molecule has 17 heavy (non-hydrogen) atoms. The van der Waals surface area contributed by atoms with Crippen LogP contribution in [0.4, 0.5) is 5.69 Å². The maximum absolute atomic E-state index is 6.04. The molecular formula is C12H20ClN3O.